The summed E-state index contributed by atoms with van der Waals surface area (Å²) in [6.07, 6.45) is 0. The van der Waals surface area contributed by atoms with E-state index in [9.17, 15) is 4.39 Å². The fourth-order valence-corrected chi connectivity index (χ4v) is 2.74. The lowest BCUT2D eigenvalue weighted by Gasteiger charge is -2.11. The van der Waals surface area contributed by atoms with Crippen LogP contribution in [-0.2, 0) is 6.61 Å². The summed E-state index contributed by atoms with van der Waals surface area (Å²) in [5.74, 6) is 0.112. The summed E-state index contributed by atoms with van der Waals surface area (Å²) in [5, 5.41) is 2.59. The third kappa shape index (κ3) is 3.40. The van der Waals surface area contributed by atoms with Crippen molar-refractivity contribution in [2.45, 2.75) is 13.5 Å². The fourth-order valence-electron chi connectivity index (χ4n) is 2.35. The molecule has 0 unspecified atom stereocenters. The van der Waals surface area contributed by atoms with Crippen LogP contribution >= 0.6 is 23.2 Å². The van der Waals surface area contributed by atoms with Gasteiger partial charge in [0, 0.05) is 10.8 Å². The zero-order valence-corrected chi connectivity index (χ0v) is 14.4. The van der Waals surface area contributed by atoms with Gasteiger partial charge in [0.2, 0.25) is 0 Å². The van der Waals surface area contributed by atoms with Gasteiger partial charge in [-0.05, 0) is 37.3 Å². The Morgan fingerprint density at radius 3 is 2.54 bits per heavy atom. The van der Waals surface area contributed by atoms with Gasteiger partial charge in [0.15, 0.2) is 5.75 Å². The third-order valence-corrected chi connectivity index (χ3v) is 4.28. The van der Waals surface area contributed by atoms with Crippen LogP contribution in [0.4, 0.5) is 4.39 Å². The Balaban J connectivity index is 1.84. The lowest BCUT2D eigenvalue weighted by atomic mass is 10.1. The molecule has 0 atom stereocenters. The molecule has 0 spiro atoms. The number of halogens is 3. The molecule has 0 N–H and O–H groups in total. The number of pyridine rings is 1. The fraction of sp³-hybridized carbons (Fsp3) is 0.167. The highest BCUT2D eigenvalue weighted by Crippen LogP contribution is 2.35. The van der Waals surface area contributed by atoms with Crippen molar-refractivity contribution in [3.05, 3.63) is 64.2 Å². The monoisotopic (exact) mass is 365 g/mol. The van der Waals surface area contributed by atoms with Gasteiger partial charge in [-0.2, -0.15) is 4.39 Å². The van der Waals surface area contributed by atoms with E-state index in [1.807, 2.05) is 24.3 Å². The summed E-state index contributed by atoms with van der Waals surface area (Å²) >= 11 is 12.3. The molecule has 2 aromatic carbocycles. The van der Waals surface area contributed by atoms with Gasteiger partial charge in [0.05, 0.1) is 22.3 Å². The number of nitrogens with zero attached hydrogens (tertiary/aromatic N) is 1. The molecule has 0 aliphatic carbocycles. The van der Waals surface area contributed by atoms with E-state index in [0.29, 0.717) is 28.1 Å². The molecule has 124 valence electrons. The Hall–Kier alpha value is -2.04. The molecular weight excluding hydrogens is 352 g/mol. The van der Waals surface area contributed by atoms with Gasteiger partial charge in [-0.3, -0.25) is 0 Å². The minimum atomic E-state index is -0.648. The Labute approximate surface area is 148 Å². The van der Waals surface area contributed by atoms with E-state index in [2.05, 4.69) is 4.98 Å². The highest BCUT2D eigenvalue weighted by molar-refractivity contribution is 6.45. The predicted molar refractivity (Wildman–Crippen MR) is 93.7 cm³/mol. The highest BCUT2D eigenvalue weighted by atomic mass is 35.5. The van der Waals surface area contributed by atoms with Gasteiger partial charge < -0.3 is 9.47 Å². The molecule has 3 nitrogen and oxygen atoms in total. The smallest absolute Gasteiger partial charge is 0.255 e. The lowest BCUT2D eigenvalue weighted by Crippen LogP contribution is -2.03. The second kappa shape index (κ2) is 7.24. The van der Waals surface area contributed by atoms with Gasteiger partial charge in [0.1, 0.15) is 12.4 Å². The van der Waals surface area contributed by atoms with E-state index in [-0.39, 0.29) is 12.4 Å². The summed E-state index contributed by atoms with van der Waals surface area (Å²) in [4.78, 5) is 3.85. The number of rotatable bonds is 5. The highest BCUT2D eigenvalue weighted by Gasteiger charge is 2.10. The summed E-state index contributed by atoms with van der Waals surface area (Å²) in [6, 6.07) is 12.3. The average Bonchev–Trinajstić information content (AvgIpc) is 2.58. The zero-order chi connectivity index (χ0) is 17.1. The summed E-state index contributed by atoms with van der Waals surface area (Å²) < 4.78 is 24.7. The van der Waals surface area contributed by atoms with Crippen molar-refractivity contribution in [1.29, 1.82) is 0 Å². The average molecular weight is 366 g/mol. The van der Waals surface area contributed by atoms with Gasteiger partial charge >= 0.3 is 0 Å². The normalized spacial score (nSPS) is 10.8. The molecular formula is C18H14Cl2FNO2. The minimum Gasteiger partial charge on any atom is -0.489 e. The van der Waals surface area contributed by atoms with Gasteiger partial charge in [-0.25, -0.2) is 4.98 Å². The molecule has 0 bridgehead atoms. The first-order valence-electron chi connectivity index (χ1n) is 7.38. The molecule has 0 radical (unpaired) electrons. The molecule has 1 heterocycles. The van der Waals surface area contributed by atoms with E-state index < -0.39 is 5.95 Å². The molecule has 1 aromatic heterocycles. The maximum Gasteiger partial charge on any atom is 0.255 e. The molecule has 0 amide bonds. The molecule has 6 heteroatoms. The SMILES string of the molecule is CCOc1ccc(COc2cccc3c(Cl)c(Cl)ccc23)nc1F. The third-order valence-electron chi connectivity index (χ3n) is 3.46. The predicted octanol–water partition coefficient (Wildman–Crippen LogP) is 5.66. The van der Waals surface area contributed by atoms with Crippen LogP contribution in [0.25, 0.3) is 10.8 Å². The molecule has 3 aromatic rings. The van der Waals surface area contributed by atoms with Crippen molar-refractivity contribution >= 4 is 34.0 Å². The zero-order valence-electron chi connectivity index (χ0n) is 12.9. The Kier molecular flexibility index (Phi) is 5.07. The number of benzene rings is 2. The van der Waals surface area contributed by atoms with Crippen LogP contribution in [0.15, 0.2) is 42.5 Å². The number of hydrogen-bond donors (Lipinski definition) is 0. The van der Waals surface area contributed by atoms with Gasteiger partial charge in [-0.1, -0.05) is 35.3 Å². The minimum absolute atomic E-state index is 0.128. The van der Waals surface area contributed by atoms with E-state index >= 15 is 0 Å². The molecule has 0 saturated heterocycles. The Morgan fingerprint density at radius 1 is 0.958 bits per heavy atom. The van der Waals surface area contributed by atoms with Crippen LogP contribution in [-0.4, -0.2) is 11.6 Å². The van der Waals surface area contributed by atoms with Crippen molar-refractivity contribution in [3.8, 4) is 11.5 Å². The number of ether oxygens (including phenoxy) is 2. The van der Waals surface area contributed by atoms with Crippen LogP contribution in [0, 0.1) is 5.95 Å². The van der Waals surface area contributed by atoms with Gasteiger partial charge in [0.25, 0.3) is 5.95 Å². The van der Waals surface area contributed by atoms with Crippen molar-refractivity contribution in [2.24, 2.45) is 0 Å². The first kappa shape index (κ1) is 16.8. The van der Waals surface area contributed by atoms with Crippen molar-refractivity contribution in [2.75, 3.05) is 6.61 Å². The van der Waals surface area contributed by atoms with Crippen LogP contribution in [0.5, 0.6) is 11.5 Å². The van der Waals surface area contributed by atoms with Crippen LogP contribution in [0.3, 0.4) is 0 Å². The van der Waals surface area contributed by atoms with Crippen LogP contribution in [0.2, 0.25) is 10.0 Å². The second-order valence-corrected chi connectivity index (χ2v) is 5.81. The number of fused-ring (bicyclic) bond motifs is 1. The first-order chi connectivity index (χ1) is 11.6. The number of hydrogen-bond acceptors (Lipinski definition) is 3. The van der Waals surface area contributed by atoms with Crippen LogP contribution < -0.4 is 9.47 Å². The first-order valence-corrected chi connectivity index (χ1v) is 8.13. The van der Waals surface area contributed by atoms with E-state index in [1.54, 1.807) is 25.1 Å². The molecule has 0 aliphatic rings. The maximum absolute atomic E-state index is 13.8. The van der Waals surface area contributed by atoms with Crippen molar-refractivity contribution in [3.63, 3.8) is 0 Å². The summed E-state index contributed by atoms with van der Waals surface area (Å²) in [7, 11) is 0. The standard InChI is InChI=1S/C18H14Cl2FNO2/c1-2-23-16-9-6-11(22-18(16)21)10-24-15-5-3-4-13-12(15)7-8-14(19)17(13)20/h3-9H,2,10H2,1H3. The largest absolute Gasteiger partial charge is 0.489 e. The molecule has 0 saturated carbocycles. The van der Waals surface area contributed by atoms with E-state index in [1.165, 1.54) is 0 Å². The lowest BCUT2D eigenvalue weighted by molar-refractivity contribution is 0.294. The molecule has 3 rings (SSSR count). The summed E-state index contributed by atoms with van der Waals surface area (Å²) in [5.41, 5.74) is 0.466. The molecule has 0 fully saturated rings. The molecule has 0 aliphatic heterocycles. The van der Waals surface area contributed by atoms with E-state index in [4.69, 9.17) is 32.7 Å². The van der Waals surface area contributed by atoms with Crippen LogP contribution in [0.1, 0.15) is 12.6 Å². The summed E-state index contributed by atoms with van der Waals surface area (Å²) in [6.45, 7) is 2.30. The quantitative estimate of drug-likeness (QED) is 0.546. The molecule has 24 heavy (non-hydrogen) atoms. The topological polar surface area (TPSA) is 31.4 Å². The maximum atomic E-state index is 13.8. The number of aromatic nitrogens is 1. The Bertz CT molecular complexity index is 886. The van der Waals surface area contributed by atoms with E-state index in [0.717, 1.165) is 10.8 Å². The Morgan fingerprint density at radius 2 is 1.79 bits per heavy atom. The second-order valence-electron chi connectivity index (χ2n) is 5.03. The van der Waals surface area contributed by atoms with Crippen molar-refractivity contribution < 1.29 is 13.9 Å². The van der Waals surface area contributed by atoms with Crippen molar-refractivity contribution in [1.82, 2.24) is 4.98 Å². The van der Waals surface area contributed by atoms with Gasteiger partial charge in [-0.15, -0.1) is 0 Å².